The van der Waals surface area contributed by atoms with Crippen LogP contribution >= 0.6 is 35.3 Å². The number of carboxylic acids is 1. The van der Waals surface area contributed by atoms with Gasteiger partial charge in [0.1, 0.15) is 5.37 Å². The summed E-state index contributed by atoms with van der Waals surface area (Å²) in [6.07, 6.45) is 0. The molecule has 1 N–H and O–H groups in total. The van der Waals surface area contributed by atoms with Gasteiger partial charge in [-0.05, 0) is 21.4 Å². The molecule has 0 aromatic carbocycles. The molecular formula is C15H16N7NaO5S3. The van der Waals surface area contributed by atoms with Gasteiger partial charge in [-0.2, -0.15) is 5.26 Å². The fourth-order valence-corrected chi connectivity index (χ4v) is 5.72. The smallest absolute Gasteiger partial charge is 0.548 e. The van der Waals surface area contributed by atoms with E-state index in [-0.39, 0.29) is 46.8 Å². The number of ether oxygens (including phenoxy) is 1. The number of aryl methyl sites for hydroxylation is 1. The van der Waals surface area contributed by atoms with Crippen LogP contribution in [0.5, 0.6) is 0 Å². The van der Waals surface area contributed by atoms with Crippen LogP contribution in [0.1, 0.15) is 0 Å². The van der Waals surface area contributed by atoms with Gasteiger partial charge in [0.05, 0.1) is 29.6 Å². The van der Waals surface area contributed by atoms with Crippen LogP contribution in [0.3, 0.4) is 0 Å². The van der Waals surface area contributed by atoms with Crippen LogP contribution in [0.25, 0.3) is 0 Å². The number of tetrazole rings is 1. The number of nitrogens with zero attached hydrogens (tertiary/aromatic N) is 6. The Morgan fingerprint density at radius 1 is 1.52 bits per heavy atom. The Morgan fingerprint density at radius 2 is 2.26 bits per heavy atom. The van der Waals surface area contributed by atoms with Crippen LogP contribution in [0, 0.1) is 11.3 Å². The SMILES string of the molecule is CO[C@@]1(NC(=O)CSCC#N)C(=O)N2C(C(=O)[O-])C(CSc3nnnn3C)=CS[C@@H]21.[Na+]. The molecule has 3 rings (SSSR count). The summed E-state index contributed by atoms with van der Waals surface area (Å²) in [4.78, 5) is 38.1. The molecule has 1 saturated heterocycles. The topological polar surface area (TPSA) is 166 Å². The second-order valence-corrected chi connectivity index (χ2v) is 9.01. The van der Waals surface area contributed by atoms with Crippen molar-refractivity contribution in [1.29, 1.82) is 5.26 Å². The first-order chi connectivity index (χ1) is 14.4. The molecule has 0 radical (unpaired) electrons. The molecule has 3 heterocycles. The molecule has 0 saturated carbocycles. The van der Waals surface area contributed by atoms with E-state index in [4.69, 9.17) is 10.00 Å². The van der Waals surface area contributed by atoms with E-state index in [0.717, 1.165) is 16.7 Å². The molecule has 160 valence electrons. The standard InChI is InChI=1S/C15H17N7O5S3.Na/c1-21-14(18-19-20-21)30-6-8-5-29-13-15(27-2,17-9(23)7-28-4-3-16)12(26)22(13)10(8)11(24)25;/h5,10,13H,4,6-7H2,1-2H3,(H,17,23)(H,24,25);/q;+1/p-1/t10?,13-,15+;/m1./s1. The minimum atomic E-state index is -1.68. The summed E-state index contributed by atoms with van der Waals surface area (Å²) in [7, 11) is 2.92. The maximum Gasteiger partial charge on any atom is 1.00 e. The summed E-state index contributed by atoms with van der Waals surface area (Å²) in [5.74, 6) is -2.27. The monoisotopic (exact) mass is 493 g/mol. The number of carbonyl (C=O) groups is 3. The summed E-state index contributed by atoms with van der Waals surface area (Å²) >= 11 is 3.49. The fraction of sp³-hybridized carbons (Fsp3) is 0.533. The van der Waals surface area contributed by atoms with Crippen molar-refractivity contribution < 1.29 is 53.8 Å². The summed E-state index contributed by atoms with van der Waals surface area (Å²) in [6.45, 7) is 0. The molecule has 0 bridgehead atoms. The van der Waals surface area contributed by atoms with Gasteiger partial charge in [-0.15, -0.1) is 28.6 Å². The third kappa shape index (κ3) is 5.05. The molecular weight excluding hydrogens is 477 g/mol. The van der Waals surface area contributed by atoms with Crippen molar-refractivity contribution in [2.75, 3.05) is 24.4 Å². The van der Waals surface area contributed by atoms with Crippen molar-refractivity contribution >= 4 is 53.1 Å². The summed E-state index contributed by atoms with van der Waals surface area (Å²) in [5.41, 5.74) is -1.23. The van der Waals surface area contributed by atoms with Gasteiger partial charge in [0, 0.05) is 19.9 Å². The van der Waals surface area contributed by atoms with E-state index >= 15 is 0 Å². The van der Waals surface area contributed by atoms with Gasteiger partial charge in [0.15, 0.2) is 0 Å². The Morgan fingerprint density at radius 3 is 2.84 bits per heavy atom. The van der Waals surface area contributed by atoms with E-state index in [1.807, 2.05) is 6.07 Å². The van der Waals surface area contributed by atoms with Crippen LogP contribution in [0.15, 0.2) is 16.1 Å². The average molecular weight is 494 g/mol. The van der Waals surface area contributed by atoms with Crippen molar-refractivity contribution in [3.05, 3.63) is 11.0 Å². The Kier molecular flexibility index (Phi) is 9.25. The van der Waals surface area contributed by atoms with Gasteiger partial charge < -0.3 is 24.9 Å². The first-order valence-corrected chi connectivity index (χ1v) is 11.5. The molecule has 0 aliphatic carbocycles. The normalized spacial score (nSPS) is 24.2. The van der Waals surface area contributed by atoms with Crippen molar-refractivity contribution in [2.45, 2.75) is 22.3 Å². The van der Waals surface area contributed by atoms with Crippen molar-refractivity contribution in [3.8, 4) is 6.07 Å². The number of rotatable bonds is 9. The van der Waals surface area contributed by atoms with Gasteiger partial charge >= 0.3 is 29.6 Å². The van der Waals surface area contributed by atoms with E-state index in [2.05, 4.69) is 20.8 Å². The molecule has 3 atom stereocenters. The zero-order valence-corrected chi connectivity index (χ0v) is 21.3. The number of β-lactam (4-membered cyclic amide) rings is 1. The number of aliphatic carboxylic acids is 1. The third-order valence-electron chi connectivity index (χ3n) is 4.35. The predicted molar refractivity (Wildman–Crippen MR) is 105 cm³/mol. The third-order valence-corrected chi connectivity index (χ3v) is 7.49. The number of hydrogen-bond acceptors (Lipinski definition) is 12. The number of fused-ring (bicyclic) bond motifs is 1. The number of nitrogens with one attached hydrogen (secondary N) is 1. The number of hydrogen-bond donors (Lipinski definition) is 1. The summed E-state index contributed by atoms with van der Waals surface area (Å²) in [6, 6.07) is 0.607. The summed E-state index contributed by atoms with van der Waals surface area (Å²) < 4.78 is 6.78. The molecule has 31 heavy (non-hydrogen) atoms. The van der Waals surface area contributed by atoms with E-state index in [0.29, 0.717) is 10.7 Å². The first kappa shape index (κ1) is 26.0. The molecule has 1 fully saturated rings. The quantitative estimate of drug-likeness (QED) is 0.115. The number of amides is 2. The van der Waals surface area contributed by atoms with Crippen LogP contribution < -0.4 is 40.0 Å². The Balaban J connectivity index is 0.00000341. The maximum atomic E-state index is 12.9. The van der Waals surface area contributed by atoms with Crippen molar-refractivity contribution in [2.24, 2.45) is 7.05 Å². The second-order valence-electron chi connectivity index (χ2n) is 6.13. The number of carboxylic acid groups (broad SMARTS) is 1. The van der Waals surface area contributed by atoms with E-state index < -0.39 is 34.9 Å². The van der Waals surface area contributed by atoms with Crippen LogP contribution in [0.4, 0.5) is 0 Å². The molecule has 1 unspecified atom stereocenters. The van der Waals surface area contributed by atoms with Crippen molar-refractivity contribution in [3.63, 3.8) is 0 Å². The predicted octanol–water partition coefficient (Wildman–Crippen LogP) is -5.06. The number of nitriles is 1. The minimum absolute atomic E-state index is 0. The molecule has 12 nitrogen and oxygen atoms in total. The van der Waals surface area contributed by atoms with E-state index in [1.54, 1.807) is 12.5 Å². The first-order valence-electron chi connectivity index (χ1n) is 8.39. The van der Waals surface area contributed by atoms with Crippen LogP contribution in [0.2, 0.25) is 0 Å². The average Bonchev–Trinajstić information content (AvgIpc) is 3.14. The number of thioether (sulfide) groups is 3. The molecule has 2 amide bonds. The zero-order valence-electron chi connectivity index (χ0n) is 16.8. The van der Waals surface area contributed by atoms with E-state index in [1.165, 1.54) is 35.3 Å². The molecule has 1 aromatic rings. The fourth-order valence-electron chi connectivity index (χ4n) is 3.00. The maximum absolute atomic E-state index is 12.9. The van der Waals surface area contributed by atoms with E-state index in [9.17, 15) is 19.5 Å². The number of aromatic nitrogens is 4. The Bertz CT molecular complexity index is 938. The zero-order chi connectivity index (χ0) is 21.9. The largest absolute Gasteiger partial charge is 1.00 e. The molecule has 2 aliphatic heterocycles. The number of carbonyl (C=O) groups excluding carboxylic acids is 3. The van der Waals surface area contributed by atoms with Crippen molar-refractivity contribution in [1.82, 2.24) is 30.4 Å². The minimum Gasteiger partial charge on any atom is -0.548 e. The Hall–Kier alpha value is -1.28. The Labute approximate surface area is 212 Å². The van der Waals surface area contributed by atoms with Crippen LogP contribution in [-0.2, 0) is 26.2 Å². The second kappa shape index (κ2) is 11.0. The molecule has 2 aliphatic rings. The van der Waals surface area contributed by atoms with Gasteiger partial charge in [0.2, 0.25) is 11.1 Å². The number of methoxy groups -OCH3 is 1. The molecule has 0 spiro atoms. The van der Waals surface area contributed by atoms with Gasteiger partial charge in [-0.1, -0.05) is 11.8 Å². The summed E-state index contributed by atoms with van der Waals surface area (Å²) in [5, 5.41) is 35.4. The van der Waals surface area contributed by atoms with Crippen LogP contribution in [-0.4, -0.2) is 84.4 Å². The van der Waals surface area contributed by atoms with Gasteiger partial charge in [-0.25, -0.2) is 4.68 Å². The van der Waals surface area contributed by atoms with Gasteiger partial charge in [-0.3, -0.25) is 9.59 Å². The van der Waals surface area contributed by atoms with Gasteiger partial charge in [0.25, 0.3) is 11.6 Å². The molecule has 16 heteroatoms. The molecule has 1 aromatic heterocycles.